The van der Waals surface area contributed by atoms with Gasteiger partial charge in [-0.2, -0.15) is 0 Å². The Balaban J connectivity index is 5.71. The van der Waals surface area contributed by atoms with Gasteiger partial charge in [0.1, 0.15) is 0 Å². The van der Waals surface area contributed by atoms with Crippen molar-refractivity contribution in [1.29, 1.82) is 0 Å². The largest absolute Gasteiger partial charge is 0.345 e. The maximum Gasteiger partial charge on any atom is 0.237 e. The van der Waals surface area contributed by atoms with E-state index in [-0.39, 0.29) is 11.7 Å². The van der Waals surface area contributed by atoms with Gasteiger partial charge in [-0.1, -0.05) is 34.1 Å². The van der Waals surface area contributed by atoms with Gasteiger partial charge in [0.25, 0.3) is 0 Å². The van der Waals surface area contributed by atoms with Crippen molar-refractivity contribution in [1.82, 2.24) is 21.3 Å². The molecule has 0 aromatic heterocycles. The molecule has 9 heteroatoms. The van der Waals surface area contributed by atoms with Crippen LogP contribution in [0.5, 0.6) is 0 Å². The van der Waals surface area contributed by atoms with E-state index in [0.29, 0.717) is 64.6 Å². The zero-order valence-corrected chi connectivity index (χ0v) is 21.9. The summed E-state index contributed by atoms with van der Waals surface area (Å²) in [5, 5.41) is 13.0. The highest BCUT2D eigenvalue weighted by molar-refractivity contribution is 5.96. The fourth-order valence-corrected chi connectivity index (χ4v) is 4.12. The third-order valence-corrected chi connectivity index (χ3v) is 6.83. The van der Waals surface area contributed by atoms with Crippen LogP contribution in [0.15, 0.2) is 0 Å². The molecule has 2 atom stereocenters. The number of likely N-dealkylation sites (N-methyl/N-ethyl adjacent to an activating group) is 1. The molecule has 0 radical (unpaired) electrons. The predicted molar refractivity (Wildman–Crippen MR) is 138 cm³/mol. The maximum absolute atomic E-state index is 13.7. The van der Waals surface area contributed by atoms with Crippen molar-refractivity contribution in [2.45, 2.75) is 109 Å². The van der Waals surface area contributed by atoms with Gasteiger partial charge >= 0.3 is 0 Å². The minimum Gasteiger partial charge on any atom is -0.345 e. The monoisotopic (exact) mass is 471 g/mol. The van der Waals surface area contributed by atoms with Gasteiger partial charge < -0.3 is 33.2 Å². The second-order valence-electron chi connectivity index (χ2n) is 9.02. The Bertz CT molecular complexity index is 537. The number of unbranched alkanes of at least 4 members (excludes halogenated alkanes) is 1. The summed E-state index contributed by atoms with van der Waals surface area (Å²) in [5.41, 5.74) is 16.6. The van der Waals surface area contributed by atoms with Gasteiger partial charge in [-0.25, -0.2) is 0 Å². The molecule has 0 aromatic carbocycles. The average molecular weight is 472 g/mol. The van der Waals surface area contributed by atoms with Crippen molar-refractivity contribution in [3.8, 4) is 0 Å². The second kappa shape index (κ2) is 17.4. The summed E-state index contributed by atoms with van der Waals surface area (Å²) in [7, 11) is 1.88. The Kier molecular flexibility index (Phi) is 16.8. The van der Waals surface area contributed by atoms with E-state index >= 15 is 0 Å². The fourth-order valence-electron chi connectivity index (χ4n) is 4.12. The summed E-state index contributed by atoms with van der Waals surface area (Å²) in [6.45, 7) is 10.5. The highest BCUT2D eigenvalue weighted by atomic mass is 16.2. The van der Waals surface area contributed by atoms with Crippen molar-refractivity contribution in [2.75, 3.05) is 33.2 Å². The molecule has 0 aliphatic heterocycles. The van der Waals surface area contributed by atoms with Crippen LogP contribution in [0.2, 0.25) is 0 Å². The summed E-state index contributed by atoms with van der Waals surface area (Å²) < 4.78 is 0. The van der Waals surface area contributed by atoms with Crippen LogP contribution in [-0.2, 0) is 9.59 Å². The van der Waals surface area contributed by atoms with Crippen molar-refractivity contribution < 1.29 is 9.59 Å². The van der Waals surface area contributed by atoms with Crippen LogP contribution in [0, 0.1) is 0 Å². The highest BCUT2D eigenvalue weighted by Crippen LogP contribution is 2.21. The zero-order valence-electron chi connectivity index (χ0n) is 21.9. The number of nitrogens with two attached hydrogens (primary N) is 3. The van der Waals surface area contributed by atoms with Crippen molar-refractivity contribution >= 4 is 11.7 Å². The fraction of sp³-hybridized carbons (Fsp3) is 0.917. The standard InChI is InChI=1S/C24H53N7O2/c1-6-23(7-2,29-18-17-28-5)21(32)19(14-12-16-26)30-22(33)20(13-10-11-15-25)31-24(27,8-3)9-4/h19-20,28-29,31H,6-18,25-27H2,1-5H3,(H,30,33)/t19?,20-/m0/s1. The molecule has 0 fully saturated rings. The van der Waals surface area contributed by atoms with Crippen molar-refractivity contribution in [3.05, 3.63) is 0 Å². The zero-order chi connectivity index (χ0) is 25.3. The van der Waals surface area contributed by atoms with Crippen LogP contribution in [0.25, 0.3) is 0 Å². The molecule has 196 valence electrons. The number of amides is 1. The number of rotatable bonds is 21. The highest BCUT2D eigenvalue weighted by Gasteiger charge is 2.40. The summed E-state index contributed by atoms with van der Waals surface area (Å²) in [5.74, 6) is -0.161. The predicted octanol–water partition coefficient (Wildman–Crippen LogP) is 0.709. The molecule has 0 spiro atoms. The van der Waals surface area contributed by atoms with Crippen LogP contribution >= 0.6 is 0 Å². The van der Waals surface area contributed by atoms with E-state index in [1.165, 1.54) is 0 Å². The van der Waals surface area contributed by atoms with Crippen LogP contribution in [0.4, 0.5) is 0 Å². The van der Waals surface area contributed by atoms with Crippen LogP contribution in [0.1, 0.15) is 85.5 Å². The average Bonchev–Trinajstić information content (AvgIpc) is 2.83. The van der Waals surface area contributed by atoms with E-state index in [9.17, 15) is 9.59 Å². The summed E-state index contributed by atoms with van der Waals surface area (Å²) in [6.07, 6.45) is 6.13. The second-order valence-corrected chi connectivity index (χ2v) is 9.02. The topological polar surface area (TPSA) is 160 Å². The lowest BCUT2D eigenvalue weighted by atomic mass is 9.82. The first kappa shape index (κ1) is 31.9. The third-order valence-electron chi connectivity index (χ3n) is 6.83. The molecule has 1 unspecified atom stereocenters. The quantitative estimate of drug-likeness (QED) is 0.0951. The molecule has 9 nitrogen and oxygen atoms in total. The van der Waals surface area contributed by atoms with Gasteiger partial charge in [-0.3, -0.25) is 14.9 Å². The number of ketones is 1. The van der Waals surface area contributed by atoms with E-state index < -0.39 is 23.3 Å². The third kappa shape index (κ3) is 10.8. The van der Waals surface area contributed by atoms with Crippen LogP contribution < -0.4 is 38.5 Å². The molecule has 0 rings (SSSR count). The van der Waals surface area contributed by atoms with Gasteiger partial charge in [-0.05, 0) is 71.5 Å². The number of carbonyl (C=O) groups is 2. The molecule has 0 bridgehead atoms. The summed E-state index contributed by atoms with van der Waals surface area (Å²) in [4.78, 5) is 27.2. The minimum atomic E-state index is -0.684. The van der Waals surface area contributed by atoms with E-state index in [0.717, 1.165) is 19.4 Å². The molecule has 0 heterocycles. The first-order valence-corrected chi connectivity index (χ1v) is 12.9. The molecule has 0 aliphatic carbocycles. The van der Waals surface area contributed by atoms with E-state index in [1.54, 1.807) is 0 Å². The number of carbonyl (C=O) groups excluding carboxylic acids is 2. The van der Waals surface area contributed by atoms with Gasteiger partial charge in [0.2, 0.25) is 5.91 Å². The van der Waals surface area contributed by atoms with Crippen LogP contribution in [0.3, 0.4) is 0 Å². The van der Waals surface area contributed by atoms with E-state index in [2.05, 4.69) is 21.3 Å². The van der Waals surface area contributed by atoms with Crippen molar-refractivity contribution in [2.24, 2.45) is 17.2 Å². The maximum atomic E-state index is 13.7. The van der Waals surface area contributed by atoms with Crippen LogP contribution in [-0.4, -0.2) is 68.2 Å². The normalized spacial score (nSPS) is 14.2. The number of hydrogen-bond donors (Lipinski definition) is 7. The number of hydrogen-bond acceptors (Lipinski definition) is 8. The first-order chi connectivity index (χ1) is 15.7. The van der Waals surface area contributed by atoms with Gasteiger partial charge in [0.05, 0.1) is 23.3 Å². The lowest BCUT2D eigenvalue weighted by Crippen LogP contribution is -2.63. The number of Topliss-reactive ketones (excluding diaryl/α,β-unsaturated/α-hetero) is 1. The SMILES string of the molecule is CCC(N)(CC)N[C@@H](CCCCN)C(=O)NC(CCCN)C(=O)C(CC)(CC)NCCNC. The molecule has 0 aromatic rings. The molecule has 0 aliphatic rings. The lowest BCUT2D eigenvalue weighted by molar-refractivity contribution is -0.133. The van der Waals surface area contributed by atoms with E-state index in [1.807, 2.05) is 34.7 Å². The Morgan fingerprint density at radius 2 is 1.39 bits per heavy atom. The summed E-state index contributed by atoms with van der Waals surface area (Å²) in [6, 6.07) is -1.08. The van der Waals surface area contributed by atoms with E-state index in [4.69, 9.17) is 17.2 Å². The molecular formula is C24H53N7O2. The molecule has 10 N–H and O–H groups in total. The van der Waals surface area contributed by atoms with Gasteiger partial charge in [0, 0.05) is 13.1 Å². The molecular weight excluding hydrogens is 418 g/mol. The van der Waals surface area contributed by atoms with Crippen molar-refractivity contribution in [3.63, 3.8) is 0 Å². The Hall–Kier alpha value is -1.10. The molecule has 1 amide bonds. The molecule has 33 heavy (non-hydrogen) atoms. The molecule has 0 saturated heterocycles. The number of nitrogens with one attached hydrogen (secondary N) is 4. The Morgan fingerprint density at radius 1 is 0.818 bits per heavy atom. The Labute approximate surface area is 202 Å². The first-order valence-electron chi connectivity index (χ1n) is 12.9. The van der Waals surface area contributed by atoms with Gasteiger partial charge in [0.15, 0.2) is 5.78 Å². The smallest absolute Gasteiger partial charge is 0.237 e. The lowest BCUT2D eigenvalue weighted by Gasteiger charge is -2.37. The van der Waals surface area contributed by atoms with Gasteiger partial charge in [-0.15, -0.1) is 0 Å². The summed E-state index contributed by atoms with van der Waals surface area (Å²) >= 11 is 0. The minimum absolute atomic E-state index is 0.0242. The Morgan fingerprint density at radius 3 is 1.88 bits per heavy atom. The molecule has 0 saturated carbocycles.